The SMILES string of the molecule is CC1(C)[C@H](C(=O)O)[C@@H]1C(Br)C(Br)(Br)Br. The number of carboxylic acids is 1. The van der Waals surface area contributed by atoms with Crippen LogP contribution in [0.2, 0.25) is 0 Å². The quantitative estimate of drug-likeness (QED) is 0.638. The molecule has 0 bridgehead atoms. The minimum atomic E-state index is -0.721. The van der Waals surface area contributed by atoms with Crippen molar-refractivity contribution in [2.24, 2.45) is 17.3 Å². The van der Waals surface area contributed by atoms with Gasteiger partial charge in [-0.3, -0.25) is 4.79 Å². The van der Waals surface area contributed by atoms with Gasteiger partial charge in [-0.15, -0.1) is 0 Å². The Morgan fingerprint density at radius 2 is 1.86 bits per heavy atom. The molecule has 1 rings (SSSR count). The molecule has 0 aromatic carbocycles. The van der Waals surface area contributed by atoms with Crippen molar-refractivity contribution in [3.8, 4) is 0 Å². The predicted molar refractivity (Wildman–Crippen MR) is 70.6 cm³/mol. The van der Waals surface area contributed by atoms with Crippen molar-refractivity contribution in [3.05, 3.63) is 0 Å². The summed E-state index contributed by atoms with van der Waals surface area (Å²) in [5.74, 6) is -0.891. The van der Waals surface area contributed by atoms with E-state index in [-0.39, 0.29) is 22.1 Å². The first-order chi connectivity index (χ1) is 6.10. The number of carbonyl (C=O) groups is 1. The summed E-state index contributed by atoms with van der Waals surface area (Å²) in [5.41, 5.74) is -0.152. The minimum Gasteiger partial charge on any atom is -0.481 e. The van der Waals surface area contributed by atoms with Crippen LogP contribution in [0.1, 0.15) is 13.8 Å². The third-order valence-corrected chi connectivity index (χ3v) is 7.38. The van der Waals surface area contributed by atoms with Gasteiger partial charge in [0.2, 0.25) is 0 Å². The van der Waals surface area contributed by atoms with Gasteiger partial charge in [0.1, 0.15) is 2.14 Å². The fourth-order valence-electron chi connectivity index (χ4n) is 1.90. The largest absolute Gasteiger partial charge is 0.481 e. The minimum absolute atomic E-state index is 0.0195. The first-order valence-electron chi connectivity index (χ1n) is 4.03. The molecule has 3 atom stereocenters. The summed E-state index contributed by atoms with van der Waals surface area (Å²) in [5, 5.41) is 9.01. The molecule has 1 N–H and O–H groups in total. The summed E-state index contributed by atoms with van der Waals surface area (Å²) < 4.78 is -0.445. The molecule has 82 valence electrons. The summed E-state index contributed by atoms with van der Waals surface area (Å²) in [6.07, 6.45) is 0. The van der Waals surface area contributed by atoms with Crippen LogP contribution in [0, 0.1) is 17.3 Å². The smallest absolute Gasteiger partial charge is 0.307 e. The first kappa shape index (κ1) is 13.5. The third kappa shape index (κ3) is 2.38. The number of alkyl halides is 4. The second kappa shape index (κ2) is 4.00. The molecule has 0 aromatic rings. The zero-order valence-electron chi connectivity index (χ0n) is 7.60. The second-order valence-electron chi connectivity index (χ2n) is 4.11. The molecule has 1 aliphatic rings. The molecule has 0 amide bonds. The molecule has 2 nitrogen and oxygen atoms in total. The van der Waals surface area contributed by atoms with Gasteiger partial charge in [-0.1, -0.05) is 77.6 Å². The Bertz CT molecular complexity index is 259. The molecule has 1 saturated carbocycles. The third-order valence-electron chi connectivity index (χ3n) is 2.80. The summed E-state index contributed by atoms with van der Waals surface area (Å²) in [7, 11) is 0. The number of rotatable bonds is 2. The van der Waals surface area contributed by atoms with Gasteiger partial charge in [0.25, 0.3) is 0 Å². The van der Waals surface area contributed by atoms with Crippen LogP contribution in [0.5, 0.6) is 0 Å². The van der Waals surface area contributed by atoms with E-state index in [2.05, 4.69) is 63.7 Å². The molecule has 6 heteroatoms. The first-order valence-corrected chi connectivity index (χ1v) is 7.33. The standard InChI is InChI=1S/C8H10Br4O2/c1-7(2)3(4(7)6(13)14)5(9)8(10,11)12/h3-5H,1-2H3,(H,13,14)/t3-,4+,5?/m1/s1. The van der Waals surface area contributed by atoms with Crippen LogP contribution in [-0.2, 0) is 4.79 Å². The average molecular weight is 458 g/mol. The monoisotopic (exact) mass is 454 g/mol. The molecule has 1 aliphatic carbocycles. The molecule has 0 aromatic heterocycles. The average Bonchev–Trinajstić information content (AvgIpc) is 2.49. The van der Waals surface area contributed by atoms with Crippen molar-refractivity contribution >= 4 is 69.7 Å². The van der Waals surface area contributed by atoms with Gasteiger partial charge in [0, 0.05) is 0 Å². The molecule has 0 saturated heterocycles. The topological polar surface area (TPSA) is 37.3 Å². The van der Waals surface area contributed by atoms with Crippen LogP contribution < -0.4 is 0 Å². The van der Waals surface area contributed by atoms with Crippen LogP contribution in [0.3, 0.4) is 0 Å². The van der Waals surface area contributed by atoms with E-state index < -0.39 is 8.11 Å². The van der Waals surface area contributed by atoms with E-state index in [9.17, 15) is 4.79 Å². The van der Waals surface area contributed by atoms with E-state index in [1.807, 2.05) is 13.8 Å². The summed E-state index contributed by atoms with van der Waals surface area (Å²) in [6, 6.07) is 0. The highest BCUT2D eigenvalue weighted by Crippen LogP contribution is 2.65. The summed E-state index contributed by atoms with van der Waals surface area (Å²) >= 11 is 13.7. The summed E-state index contributed by atoms with van der Waals surface area (Å²) in [4.78, 5) is 11.0. The van der Waals surface area contributed by atoms with Crippen molar-refractivity contribution in [1.82, 2.24) is 0 Å². The van der Waals surface area contributed by atoms with Crippen molar-refractivity contribution in [2.75, 3.05) is 0 Å². The van der Waals surface area contributed by atoms with Gasteiger partial charge < -0.3 is 5.11 Å². The fraction of sp³-hybridized carbons (Fsp3) is 0.875. The normalized spacial score (nSPS) is 32.4. The maximum atomic E-state index is 11.0. The zero-order valence-corrected chi connectivity index (χ0v) is 13.9. The lowest BCUT2D eigenvalue weighted by molar-refractivity contribution is -0.139. The fourth-order valence-corrected chi connectivity index (χ4v) is 3.74. The number of carboxylic acid groups (broad SMARTS) is 1. The molecular weight excluding hydrogens is 448 g/mol. The van der Waals surface area contributed by atoms with Gasteiger partial charge in [-0.25, -0.2) is 0 Å². The maximum absolute atomic E-state index is 11.0. The lowest BCUT2D eigenvalue weighted by atomic mass is 10.1. The van der Waals surface area contributed by atoms with Crippen LogP contribution >= 0.6 is 63.7 Å². The van der Waals surface area contributed by atoms with E-state index in [1.54, 1.807) is 0 Å². The Kier molecular flexibility index (Phi) is 3.85. The lowest BCUT2D eigenvalue weighted by Crippen LogP contribution is -2.22. The second-order valence-corrected chi connectivity index (χ2v) is 12.0. The molecule has 0 aliphatic heterocycles. The van der Waals surface area contributed by atoms with Gasteiger partial charge in [0.15, 0.2) is 0 Å². The highest BCUT2D eigenvalue weighted by Gasteiger charge is 2.66. The van der Waals surface area contributed by atoms with Crippen molar-refractivity contribution in [2.45, 2.75) is 20.8 Å². The predicted octanol–water partition coefficient (Wildman–Crippen LogP) is 3.95. The van der Waals surface area contributed by atoms with E-state index in [1.165, 1.54) is 0 Å². The van der Waals surface area contributed by atoms with Gasteiger partial charge in [-0.2, -0.15) is 0 Å². The van der Waals surface area contributed by atoms with Gasteiger partial charge in [0.05, 0.1) is 10.7 Å². The molecule has 0 radical (unpaired) electrons. The van der Waals surface area contributed by atoms with Crippen LogP contribution in [0.25, 0.3) is 0 Å². The van der Waals surface area contributed by atoms with Gasteiger partial charge in [-0.05, 0) is 11.3 Å². The number of hydrogen-bond donors (Lipinski definition) is 1. The van der Waals surface area contributed by atoms with Crippen molar-refractivity contribution in [1.29, 1.82) is 0 Å². The van der Waals surface area contributed by atoms with E-state index in [4.69, 9.17) is 5.11 Å². The van der Waals surface area contributed by atoms with E-state index >= 15 is 0 Å². The Morgan fingerprint density at radius 3 is 2.07 bits per heavy atom. The zero-order chi connectivity index (χ0) is 11.3. The Balaban J connectivity index is 2.79. The molecule has 0 spiro atoms. The Morgan fingerprint density at radius 1 is 1.43 bits per heavy atom. The Labute approximate surface area is 117 Å². The molecule has 1 fully saturated rings. The molecule has 0 heterocycles. The summed E-state index contributed by atoms with van der Waals surface area (Å²) in [6.45, 7) is 3.95. The van der Waals surface area contributed by atoms with Crippen LogP contribution in [0.4, 0.5) is 0 Å². The van der Waals surface area contributed by atoms with E-state index in [0.29, 0.717) is 0 Å². The Hall–Kier alpha value is 1.39. The van der Waals surface area contributed by atoms with E-state index in [0.717, 1.165) is 0 Å². The highest BCUT2D eigenvalue weighted by atomic mass is 80.0. The van der Waals surface area contributed by atoms with Crippen LogP contribution in [0.15, 0.2) is 0 Å². The molecular formula is C8H10Br4O2. The van der Waals surface area contributed by atoms with Gasteiger partial charge >= 0.3 is 5.97 Å². The van der Waals surface area contributed by atoms with Crippen LogP contribution in [-0.4, -0.2) is 18.0 Å². The number of halogens is 4. The van der Waals surface area contributed by atoms with Crippen molar-refractivity contribution in [3.63, 3.8) is 0 Å². The number of hydrogen-bond acceptors (Lipinski definition) is 1. The molecule has 1 unspecified atom stereocenters. The molecule has 14 heavy (non-hydrogen) atoms. The van der Waals surface area contributed by atoms with Crippen molar-refractivity contribution < 1.29 is 9.90 Å². The highest BCUT2D eigenvalue weighted by molar-refractivity contribution is 9.40. The number of aliphatic carboxylic acids is 1. The maximum Gasteiger partial charge on any atom is 0.307 e. The lowest BCUT2D eigenvalue weighted by Gasteiger charge is -2.20.